The minimum Gasteiger partial charge on any atom is -0.393 e. The quantitative estimate of drug-likeness (QED) is 0.856. The monoisotopic (exact) mass is 322 g/mol. The summed E-state index contributed by atoms with van der Waals surface area (Å²) < 4.78 is 5.08. The van der Waals surface area contributed by atoms with Crippen molar-refractivity contribution in [2.45, 2.75) is 26.4 Å². The SMILES string of the molecule is CC(O)CC(C)CNC(=O)c1cc(-c2cccc(Cl)c2)no1. The lowest BCUT2D eigenvalue weighted by Gasteiger charge is -2.13. The van der Waals surface area contributed by atoms with Crippen molar-refractivity contribution in [1.29, 1.82) is 0 Å². The summed E-state index contributed by atoms with van der Waals surface area (Å²) in [5, 5.41) is 16.6. The fourth-order valence-corrected chi connectivity index (χ4v) is 2.38. The normalized spacial score (nSPS) is 13.6. The molecule has 0 saturated carbocycles. The van der Waals surface area contributed by atoms with E-state index in [0.717, 1.165) is 5.56 Å². The van der Waals surface area contributed by atoms with Gasteiger partial charge in [-0.05, 0) is 31.4 Å². The van der Waals surface area contributed by atoms with E-state index < -0.39 is 0 Å². The van der Waals surface area contributed by atoms with Crippen LogP contribution in [0.15, 0.2) is 34.9 Å². The first kappa shape index (κ1) is 16.5. The number of aliphatic hydroxyl groups excluding tert-OH is 1. The van der Waals surface area contributed by atoms with Gasteiger partial charge in [-0.25, -0.2) is 0 Å². The average molecular weight is 323 g/mol. The Morgan fingerprint density at radius 1 is 1.41 bits per heavy atom. The highest BCUT2D eigenvalue weighted by atomic mass is 35.5. The summed E-state index contributed by atoms with van der Waals surface area (Å²) in [7, 11) is 0. The lowest BCUT2D eigenvalue weighted by molar-refractivity contribution is 0.0903. The van der Waals surface area contributed by atoms with Crippen molar-refractivity contribution in [3.63, 3.8) is 0 Å². The zero-order valence-electron chi connectivity index (χ0n) is 12.5. The number of carbonyl (C=O) groups excluding carboxylic acids is 1. The third kappa shape index (κ3) is 4.58. The minimum absolute atomic E-state index is 0.152. The second kappa shape index (κ2) is 7.42. The molecule has 1 aromatic heterocycles. The van der Waals surface area contributed by atoms with Gasteiger partial charge in [-0.15, -0.1) is 0 Å². The van der Waals surface area contributed by atoms with Crippen molar-refractivity contribution in [2.75, 3.05) is 6.54 Å². The standard InChI is InChI=1S/C16H19ClN2O3/c1-10(6-11(2)20)9-18-16(21)15-8-14(19-22-15)12-4-3-5-13(17)7-12/h3-5,7-8,10-11,20H,6,9H2,1-2H3,(H,18,21). The first-order chi connectivity index (χ1) is 10.5. The molecule has 0 saturated heterocycles. The van der Waals surface area contributed by atoms with Crippen LogP contribution in [0.1, 0.15) is 30.8 Å². The highest BCUT2D eigenvalue weighted by Crippen LogP contribution is 2.22. The van der Waals surface area contributed by atoms with Gasteiger partial charge in [0.2, 0.25) is 5.76 Å². The number of amides is 1. The van der Waals surface area contributed by atoms with Gasteiger partial charge in [-0.3, -0.25) is 4.79 Å². The Bertz CT molecular complexity index is 640. The lowest BCUT2D eigenvalue weighted by Crippen LogP contribution is -2.29. The van der Waals surface area contributed by atoms with Gasteiger partial charge in [-0.2, -0.15) is 0 Å². The predicted molar refractivity (Wildman–Crippen MR) is 84.7 cm³/mol. The summed E-state index contributed by atoms with van der Waals surface area (Å²) >= 11 is 5.93. The topological polar surface area (TPSA) is 75.4 Å². The van der Waals surface area contributed by atoms with Crippen molar-refractivity contribution in [3.8, 4) is 11.3 Å². The van der Waals surface area contributed by atoms with Gasteiger partial charge in [0.05, 0.1) is 6.10 Å². The third-order valence-corrected chi connectivity index (χ3v) is 3.44. The van der Waals surface area contributed by atoms with Crippen LogP contribution in [-0.4, -0.2) is 28.8 Å². The smallest absolute Gasteiger partial charge is 0.289 e. The van der Waals surface area contributed by atoms with Crippen molar-refractivity contribution in [3.05, 3.63) is 41.1 Å². The molecule has 0 aliphatic heterocycles. The molecule has 1 heterocycles. The molecule has 118 valence electrons. The molecule has 0 fully saturated rings. The Morgan fingerprint density at radius 2 is 2.18 bits per heavy atom. The van der Waals surface area contributed by atoms with Crippen molar-refractivity contribution in [1.82, 2.24) is 10.5 Å². The fraction of sp³-hybridized carbons (Fsp3) is 0.375. The minimum atomic E-state index is -0.383. The highest BCUT2D eigenvalue weighted by molar-refractivity contribution is 6.30. The fourth-order valence-electron chi connectivity index (χ4n) is 2.19. The number of nitrogens with zero attached hydrogens (tertiary/aromatic N) is 1. The Hall–Kier alpha value is -1.85. The molecule has 0 aliphatic rings. The molecular weight excluding hydrogens is 304 g/mol. The molecule has 2 atom stereocenters. The summed E-state index contributed by atoms with van der Waals surface area (Å²) in [5.74, 6) is 0.0108. The van der Waals surface area contributed by atoms with E-state index in [2.05, 4.69) is 10.5 Å². The number of hydrogen-bond acceptors (Lipinski definition) is 4. The molecular formula is C16H19ClN2O3. The van der Waals surface area contributed by atoms with Crippen molar-refractivity contribution in [2.24, 2.45) is 5.92 Å². The van der Waals surface area contributed by atoms with Gasteiger partial charge in [0.15, 0.2) is 0 Å². The number of carbonyl (C=O) groups is 1. The van der Waals surface area contributed by atoms with Crippen LogP contribution in [0.4, 0.5) is 0 Å². The first-order valence-corrected chi connectivity index (χ1v) is 7.52. The van der Waals surface area contributed by atoms with Crippen molar-refractivity contribution >= 4 is 17.5 Å². The maximum atomic E-state index is 12.0. The number of rotatable bonds is 6. The number of benzene rings is 1. The number of hydrogen-bond donors (Lipinski definition) is 2. The van der Waals surface area contributed by atoms with Crippen LogP contribution < -0.4 is 5.32 Å². The Balaban J connectivity index is 1.97. The number of aromatic nitrogens is 1. The second-order valence-electron chi connectivity index (χ2n) is 5.49. The zero-order valence-corrected chi connectivity index (χ0v) is 13.3. The van der Waals surface area contributed by atoms with Crippen molar-refractivity contribution < 1.29 is 14.4 Å². The lowest BCUT2D eigenvalue weighted by atomic mass is 10.0. The van der Waals surface area contributed by atoms with E-state index in [1.807, 2.05) is 19.1 Å². The van der Waals surface area contributed by atoms with E-state index in [1.54, 1.807) is 25.1 Å². The van der Waals surface area contributed by atoms with Crippen LogP contribution in [0.5, 0.6) is 0 Å². The molecule has 2 aromatic rings. The van der Waals surface area contributed by atoms with E-state index in [9.17, 15) is 9.90 Å². The Morgan fingerprint density at radius 3 is 2.86 bits per heavy atom. The Kier molecular flexibility index (Phi) is 5.57. The molecule has 0 spiro atoms. The molecule has 0 bridgehead atoms. The molecule has 2 rings (SSSR count). The second-order valence-corrected chi connectivity index (χ2v) is 5.92. The van der Waals surface area contributed by atoms with E-state index in [-0.39, 0.29) is 23.7 Å². The van der Waals surface area contributed by atoms with Gasteiger partial charge in [0, 0.05) is 23.2 Å². The molecule has 0 aliphatic carbocycles. The maximum Gasteiger partial charge on any atom is 0.289 e. The molecule has 5 nitrogen and oxygen atoms in total. The van der Waals surface area contributed by atoms with Gasteiger partial charge in [0.25, 0.3) is 5.91 Å². The molecule has 1 amide bonds. The van der Waals surface area contributed by atoms with E-state index >= 15 is 0 Å². The molecule has 2 N–H and O–H groups in total. The van der Waals surface area contributed by atoms with Gasteiger partial charge >= 0.3 is 0 Å². The summed E-state index contributed by atoms with van der Waals surface area (Å²) in [4.78, 5) is 12.0. The van der Waals surface area contributed by atoms with Crippen LogP contribution >= 0.6 is 11.6 Å². The summed E-state index contributed by atoms with van der Waals surface area (Å²) in [6.45, 7) is 4.16. The molecule has 22 heavy (non-hydrogen) atoms. The van der Waals surface area contributed by atoms with Crippen LogP contribution in [0.2, 0.25) is 5.02 Å². The maximum absolute atomic E-state index is 12.0. The van der Waals surface area contributed by atoms with E-state index in [0.29, 0.717) is 23.7 Å². The van der Waals surface area contributed by atoms with Crippen LogP contribution in [0.3, 0.4) is 0 Å². The Labute approximate surface area is 134 Å². The molecule has 2 unspecified atom stereocenters. The van der Waals surface area contributed by atoms with Crippen LogP contribution in [0, 0.1) is 5.92 Å². The van der Waals surface area contributed by atoms with Crippen LogP contribution in [0.25, 0.3) is 11.3 Å². The number of nitrogens with one attached hydrogen (secondary N) is 1. The highest BCUT2D eigenvalue weighted by Gasteiger charge is 2.15. The molecule has 6 heteroatoms. The zero-order chi connectivity index (χ0) is 16.1. The largest absolute Gasteiger partial charge is 0.393 e. The van der Waals surface area contributed by atoms with E-state index in [4.69, 9.17) is 16.1 Å². The molecule has 0 radical (unpaired) electrons. The van der Waals surface area contributed by atoms with E-state index in [1.165, 1.54) is 0 Å². The number of halogens is 1. The average Bonchev–Trinajstić information content (AvgIpc) is 2.94. The van der Waals surface area contributed by atoms with Gasteiger partial charge < -0.3 is 14.9 Å². The third-order valence-electron chi connectivity index (χ3n) is 3.21. The summed E-state index contributed by atoms with van der Waals surface area (Å²) in [6.07, 6.45) is 0.247. The van der Waals surface area contributed by atoms with Gasteiger partial charge in [-0.1, -0.05) is 35.8 Å². The van der Waals surface area contributed by atoms with Crippen LogP contribution in [-0.2, 0) is 0 Å². The van der Waals surface area contributed by atoms with Gasteiger partial charge in [0.1, 0.15) is 5.69 Å². The predicted octanol–water partition coefficient (Wildman–Crippen LogP) is 3.13. The molecule has 1 aromatic carbocycles. The summed E-state index contributed by atoms with van der Waals surface area (Å²) in [5.41, 5.74) is 1.35. The number of aliphatic hydroxyl groups is 1. The first-order valence-electron chi connectivity index (χ1n) is 7.14. The summed E-state index contributed by atoms with van der Waals surface area (Å²) in [6, 6.07) is 8.76.